The Bertz CT molecular complexity index is 670. The molecule has 0 aromatic carbocycles. The minimum atomic E-state index is -0.277. The zero-order valence-electron chi connectivity index (χ0n) is 15.3. The lowest BCUT2D eigenvalue weighted by Crippen LogP contribution is -2.06. The summed E-state index contributed by atoms with van der Waals surface area (Å²) in [5.74, 6) is -0.0717. The number of allylic oxidation sites excluding steroid dienone is 3. The molecule has 4 nitrogen and oxygen atoms in total. The van der Waals surface area contributed by atoms with Crippen LogP contribution in [0, 0.1) is 0 Å². The molecule has 0 bridgehead atoms. The number of rotatable bonds is 13. The Morgan fingerprint density at radius 1 is 0.923 bits per heavy atom. The van der Waals surface area contributed by atoms with Crippen LogP contribution in [0.25, 0.3) is 0 Å². The minimum Gasteiger partial charge on any atom is -0.462 e. The fourth-order valence-electron chi connectivity index (χ4n) is 2.82. The van der Waals surface area contributed by atoms with Gasteiger partial charge in [0.25, 0.3) is 0 Å². The van der Waals surface area contributed by atoms with Crippen LogP contribution in [0.3, 0.4) is 0 Å². The second kappa shape index (κ2) is 12.0. The Kier molecular flexibility index (Phi) is 9.17. The van der Waals surface area contributed by atoms with Crippen molar-refractivity contribution in [2.45, 2.75) is 57.8 Å². The van der Waals surface area contributed by atoms with Crippen molar-refractivity contribution < 1.29 is 14.3 Å². The molecule has 0 unspecified atom stereocenters. The molecule has 1 heterocycles. The molecule has 0 spiro atoms. The molecule has 0 aliphatic heterocycles. The van der Waals surface area contributed by atoms with Crippen molar-refractivity contribution in [1.29, 1.82) is 0 Å². The van der Waals surface area contributed by atoms with E-state index < -0.39 is 0 Å². The molecule has 2 rings (SSSR count). The van der Waals surface area contributed by atoms with Crippen LogP contribution in [0.15, 0.2) is 54.1 Å². The molecule has 0 amide bonds. The number of ether oxygens (including phenoxy) is 1. The molecule has 1 aromatic heterocycles. The van der Waals surface area contributed by atoms with E-state index in [9.17, 15) is 9.59 Å². The summed E-state index contributed by atoms with van der Waals surface area (Å²) in [4.78, 5) is 27.4. The van der Waals surface area contributed by atoms with Crippen molar-refractivity contribution in [3.63, 3.8) is 0 Å². The highest BCUT2D eigenvalue weighted by Crippen LogP contribution is 2.13. The number of pyridine rings is 1. The lowest BCUT2D eigenvalue weighted by atomic mass is 10.0. The SMILES string of the molecule is O=C(CCCCCCCCCCOC(=O)c1ccncc1)C1=C=CC=C1. The Hall–Kier alpha value is -2.45. The van der Waals surface area contributed by atoms with Crippen molar-refractivity contribution >= 4 is 11.8 Å². The molecule has 0 N–H and O–H groups in total. The van der Waals surface area contributed by atoms with Gasteiger partial charge in [-0.15, -0.1) is 5.73 Å². The van der Waals surface area contributed by atoms with E-state index in [-0.39, 0.29) is 11.8 Å². The van der Waals surface area contributed by atoms with Gasteiger partial charge >= 0.3 is 5.97 Å². The Morgan fingerprint density at radius 3 is 2.23 bits per heavy atom. The van der Waals surface area contributed by atoms with Gasteiger partial charge in [-0.1, -0.05) is 44.6 Å². The smallest absolute Gasteiger partial charge is 0.338 e. The average Bonchev–Trinajstić information content (AvgIpc) is 3.21. The first-order valence-electron chi connectivity index (χ1n) is 9.51. The van der Waals surface area contributed by atoms with Crippen molar-refractivity contribution in [1.82, 2.24) is 4.98 Å². The Balaban J connectivity index is 1.37. The maximum atomic E-state index is 11.8. The van der Waals surface area contributed by atoms with Gasteiger partial charge in [-0.25, -0.2) is 4.79 Å². The normalized spacial score (nSPS) is 12.2. The lowest BCUT2D eigenvalue weighted by Gasteiger charge is -2.05. The van der Waals surface area contributed by atoms with E-state index in [0.717, 1.165) is 37.7 Å². The van der Waals surface area contributed by atoms with E-state index in [2.05, 4.69) is 10.7 Å². The predicted molar refractivity (Wildman–Crippen MR) is 102 cm³/mol. The topological polar surface area (TPSA) is 56.3 Å². The molecule has 0 atom stereocenters. The summed E-state index contributed by atoms with van der Waals surface area (Å²) >= 11 is 0. The molecule has 1 aromatic rings. The summed E-state index contributed by atoms with van der Waals surface area (Å²) in [6.07, 6.45) is 18.1. The van der Waals surface area contributed by atoms with Crippen LogP contribution in [0.5, 0.6) is 0 Å². The molecular weight excluding hydrogens is 326 g/mol. The number of aromatic nitrogens is 1. The second-order valence-corrected chi connectivity index (χ2v) is 6.46. The van der Waals surface area contributed by atoms with Gasteiger partial charge in [0.15, 0.2) is 5.78 Å². The van der Waals surface area contributed by atoms with Crippen LogP contribution >= 0.6 is 0 Å². The highest BCUT2D eigenvalue weighted by molar-refractivity contribution is 5.98. The summed E-state index contributed by atoms with van der Waals surface area (Å²) in [6.45, 7) is 0.474. The third kappa shape index (κ3) is 7.62. The number of carbonyl (C=O) groups is 2. The van der Waals surface area contributed by atoms with Gasteiger partial charge in [0.05, 0.1) is 17.7 Å². The Morgan fingerprint density at radius 2 is 1.58 bits per heavy atom. The minimum absolute atomic E-state index is 0.205. The predicted octanol–water partition coefficient (Wildman–Crippen LogP) is 4.97. The van der Waals surface area contributed by atoms with Gasteiger partial charge < -0.3 is 4.74 Å². The zero-order valence-corrected chi connectivity index (χ0v) is 15.3. The van der Waals surface area contributed by atoms with E-state index in [1.807, 2.05) is 12.2 Å². The molecule has 4 heteroatoms. The third-order valence-electron chi connectivity index (χ3n) is 4.35. The summed E-state index contributed by atoms with van der Waals surface area (Å²) in [7, 11) is 0. The van der Waals surface area contributed by atoms with Crippen molar-refractivity contribution in [2.24, 2.45) is 0 Å². The van der Waals surface area contributed by atoms with Crippen molar-refractivity contribution in [2.75, 3.05) is 6.61 Å². The second-order valence-electron chi connectivity index (χ2n) is 6.46. The van der Waals surface area contributed by atoms with Crippen molar-refractivity contribution in [3.8, 4) is 0 Å². The molecule has 26 heavy (non-hydrogen) atoms. The molecule has 1 aliphatic rings. The van der Waals surface area contributed by atoms with Crippen LogP contribution in [-0.4, -0.2) is 23.3 Å². The summed E-state index contributed by atoms with van der Waals surface area (Å²) in [5, 5.41) is 0. The highest BCUT2D eigenvalue weighted by atomic mass is 16.5. The first-order chi connectivity index (χ1) is 12.8. The summed E-state index contributed by atoms with van der Waals surface area (Å²) in [5.41, 5.74) is 4.22. The highest BCUT2D eigenvalue weighted by Gasteiger charge is 2.07. The van der Waals surface area contributed by atoms with Gasteiger partial charge in [-0.05, 0) is 37.1 Å². The van der Waals surface area contributed by atoms with Crippen LogP contribution in [0.1, 0.15) is 68.1 Å². The first kappa shape index (κ1) is 19.9. The monoisotopic (exact) mass is 353 g/mol. The van der Waals surface area contributed by atoms with Gasteiger partial charge in [-0.3, -0.25) is 9.78 Å². The number of esters is 1. The number of hydrogen-bond donors (Lipinski definition) is 0. The standard InChI is InChI=1S/C22H27NO3/c24-21(19-11-8-9-12-19)13-7-5-3-1-2-4-6-10-18-26-22(25)20-14-16-23-17-15-20/h8-9,11,14-17H,1-7,10,13,18H2. The van der Waals surface area contributed by atoms with Crippen LogP contribution in [0.2, 0.25) is 0 Å². The van der Waals surface area contributed by atoms with E-state index in [4.69, 9.17) is 4.74 Å². The van der Waals surface area contributed by atoms with Gasteiger partial charge in [0.1, 0.15) is 0 Å². The molecule has 0 saturated heterocycles. The lowest BCUT2D eigenvalue weighted by molar-refractivity contribution is -0.115. The van der Waals surface area contributed by atoms with Gasteiger partial charge in [0, 0.05) is 18.8 Å². The molecule has 138 valence electrons. The fraction of sp³-hybridized carbons (Fsp3) is 0.455. The van der Waals surface area contributed by atoms with E-state index in [1.165, 1.54) is 19.3 Å². The maximum Gasteiger partial charge on any atom is 0.338 e. The van der Waals surface area contributed by atoms with Crippen LogP contribution in [0.4, 0.5) is 0 Å². The molecule has 0 fully saturated rings. The number of unbranched alkanes of at least 4 members (excludes halogenated alkanes) is 7. The Labute approximate surface area is 155 Å². The summed E-state index contributed by atoms with van der Waals surface area (Å²) in [6, 6.07) is 3.32. The van der Waals surface area contributed by atoms with Crippen LogP contribution < -0.4 is 0 Å². The van der Waals surface area contributed by atoms with E-state index in [1.54, 1.807) is 30.6 Å². The van der Waals surface area contributed by atoms with Crippen LogP contribution in [-0.2, 0) is 9.53 Å². The number of ketones is 1. The number of carbonyl (C=O) groups excluding carboxylic acids is 2. The largest absolute Gasteiger partial charge is 0.462 e. The third-order valence-corrected chi connectivity index (χ3v) is 4.35. The van der Waals surface area contributed by atoms with Gasteiger partial charge in [-0.2, -0.15) is 0 Å². The number of nitrogens with zero attached hydrogens (tertiary/aromatic N) is 1. The fourth-order valence-corrected chi connectivity index (χ4v) is 2.82. The number of hydrogen-bond acceptors (Lipinski definition) is 4. The number of Topliss-reactive ketones (excluding diaryl/α,β-unsaturated/α-hetero) is 1. The molecule has 1 aliphatic carbocycles. The van der Waals surface area contributed by atoms with E-state index in [0.29, 0.717) is 18.6 Å². The van der Waals surface area contributed by atoms with Crippen molar-refractivity contribution in [3.05, 3.63) is 59.6 Å². The maximum absolute atomic E-state index is 11.8. The quantitative estimate of drug-likeness (QED) is 0.285. The average molecular weight is 353 g/mol. The molecule has 0 radical (unpaired) electrons. The molecular formula is C22H27NO3. The first-order valence-corrected chi connectivity index (χ1v) is 9.51. The molecule has 0 saturated carbocycles. The van der Waals surface area contributed by atoms with Gasteiger partial charge in [0.2, 0.25) is 0 Å². The summed E-state index contributed by atoms with van der Waals surface area (Å²) < 4.78 is 5.24. The van der Waals surface area contributed by atoms with E-state index >= 15 is 0 Å². The zero-order chi connectivity index (χ0) is 18.5.